The average molecular weight is 204 g/mol. The fraction of sp³-hybridized carbons (Fsp3) is 0.250. The number of anilines is 1. The van der Waals surface area contributed by atoms with Crippen molar-refractivity contribution in [2.75, 3.05) is 5.32 Å². The van der Waals surface area contributed by atoms with Gasteiger partial charge in [-0.3, -0.25) is 4.79 Å². The molecule has 0 aliphatic heterocycles. The molecule has 0 atom stereocenters. The minimum Gasteiger partial charge on any atom is -0.326 e. The number of amides is 1. The van der Waals surface area contributed by atoms with Gasteiger partial charge in [0.2, 0.25) is 5.91 Å². The van der Waals surface area contributed by atoms with E-state index < -0.39 is 0 Å². The standard InChI is InChI=1S/C12H16N2O/c1-2-3-7-12(15)14-11-6-4-5-10(8-11)9-13/h2,4-6,8H,1,3,7,9,13H2,(H,14,15). The topological polar surface area (TPSA) is 55.1 Å². The first-order valence-electron chi connectivity index (χ1n) is 4.96. The van der Waals surface area contributed by atoms with Crippen LogP contribution in [0.5, 0.6) is 0 Å². The first-order valence-corrected chi connectivity index (χ1v) is 4.96. The molecule has 1 amide bonds. The molecule has 1 rings (SSSR count). The lowest BCUT2D eigenvalue weighted by Gasteiger charge is -2.05. The van der Waals surface area contributed by atoms with Crippen LogP contribution >= 0.6 is 0 Å². The number of rotatable bonds is 5. The summed E-state index contributed by atoms with van der Waals surface area (Å²) in [4.78, 5) is 11.4. The van der Waals surface area contributed by atoms with Gasteiger partial charge in [-0.1, -0.05) is 18.2 Å². The molecule has 0 saturated carbocycles. The minimum absolute atomic E-state index is 0.00377. The highest BCUT2D eigenvalue weighted by molar-refractivity contribution is 5.90. The van der Waals surface area contributed by atoms with Crippen LogP contribution in [-0.4, -0.2) is 5.91 Å². The lowest BCUT2D eigenvalue weighted by molar-refractivity contribution is -0.116. The number of hydrogen-bond donors (Lipinski definition) is 2. The summed E-state index contributed by atoms with van der Waals surface area (Å²) in [5, 5.41) is 2.81. The van der Waals surface area contributed by atoms with Crippen LogP contribution in [0.2, 0.25) is 0 Å². The zero-order valence-electron chi connectivity index (χ0n) is 8.70. The van der Waals surface area contributed by atoms with Crippen molar-refractivity contribution < 1.29 is 4.79 Å². The summed E-state index contributed by atoms with van der Waals surface area (Å²) in [6, 6.07) is 7.54. The maximum Gasteiger partial charge on any atom is 0.224 e. The van der Waals surface area contributed by atoms with Crippen molar-refractivity contribution in [3.63, 3.8) is 0 Å². The molecule has 1 aromatic rings. The molecule has 0 bridgehead atoms. The van der Waals surface area contributed by atoms with Crippen LogP contribution in [0.15, 0.2) is 36.9 Å². The van der Waals surface area contributed by atoms with E-state index in [1.165, 1.54) is 0 Å². The molecule has 0 fully saturated rings. The van der Waals surface area contributed by atoms with Crippen LogP contribution < -0.4 is 11.1 Å². The summed E-state index contributed by atoms with van der Waals surface area (Å²) in [7, 11) is 0. The molecule has 0 heterocycles. The molecule has 15 heavy (non-hydrogen) atoms. The predicted molar refractivity (Wildman–Crippen MR) is 62.4 cm³/mol. The monoisotopic (exact) mass is 204 g/mol. The quantitative estimate of drug-likeness (QED) is 0.721. The summed E-state index contributed by atoms with van der Waals surface area (Å²) in [6.45, 7) is 4.05. The number of nitrogens with one attached hydrogen (secondary N) is 1. The van der Waals surface area contributed by atoms with E-state index in [2.05, 4.69) is 11.9 Å². The molecular weight excluding hydrogens is 188 g/mol. The molecular formula is C12H16N2O. The van der Waals surface area contributed by atoms with Crippen molar-refractivity contribution in [2.24, 2.45) is 5.73 Å². The molecule has 0 radical (unpaired) electrons. The van der Waals surface area contributed by atoms with E-state index in [1.807, 2.05) is 24.3 Å². The normalized spacial score (nSPS) is 9.67. The molecule has 80 valence electrons. The fourth-order valence-corrected chi connectivity index (χ4v) is 1.23. The van der Waals surface area contributed by atoms with Crippen molar-refractivity contribution >= 4 is 11.6 Å². The molecule has 1 aromatic carbocycles. The molecule has 0 aliphatic rings. The number of allylic oxidation sites excluding steroid dienone is 1. The SMILES string of the molecule is C=CCCC(=O)Nc1cccc(CN)c1. The Morgan fingerprint density at radius 1 is 1.53 bits per heavy atom. The summed E-state index contributed by atoms with van der Waals surface area (Å²) in [5.74, 6) is 0.00377. The molecule has 3 nitrogen and oxygen atoms in total. The lowest BCUT2D eigenvalue weighted by Crippen LogP contribution is -2.11. The third-order valence-corrected chi connectivity index (χ3v) is 2.02. The number of carbonyl (C=O) groups is 1. The third kappa shape index (κ3) is 3.95. The Morgan fingerprint density at radius 3 is 3.00 bits per heavy atom. The lowest BCUT2D eigenvalue weighted by atomic mass is 10.2. The number of benzene rings is 1. The highest BCUT2D eigenvalue weighted by Crippen LogP contribution is 2.10. The second-order valence-electron chi connectivity index (χ2n) is 3.28. The third-order valence-electron chi connectivity index (χ3n) is 2.02. The molecule has 0 saturated heterocycles. The first-order chi connectivity index (χ1) is 7.26. The molecule has 0 aromatic heterocycles. The van der Waals surface area contributed by atoms with E-state index in [9.17, 15) is 4.79 Å². The highest BCUT2D eigenvalue weighted by atomic mass is 16.1. The van der Waals surface area contributed by atoms with Gasteiger partial charge >= 0.3 is 0 Å². The van der Waals surface area contributed by atoms with Crippen molar-refractivity contribution in [1.82, 2.24) is 0 Å². The Kier molecular flexibility index (Phi) is 4.57. The van der Waals surface area contributed by atoms with E-state index in [1.54, 1.807) is 6.08 Å². The maximum atomic E-state index is 11.4. The number of nitrogens with two attached hydrogens (primary N) is 1. The summed E-state index contributed by atoms with van der Waals surface area (Å²) < 4.78 is 0. The predicted octanol–water partition coefficient (Wildman–Crippen LogP) is 2.05. The molecule has 0 unspecified atom stereocenters. The smallest absolute Gasteiger partial charge is 0.224 e. The van der Waals surface area contributed by atoms with E-state index in [-0.39, 0.29) is 5.91 Å². The van der Waals surface area contributed by atoms with Gasteiger partial charge in [-0.15, -0.1) is 6.58 Å². The Morgan fingerprint density at radius 2 is 2.33 bits per heavy atom. The average Bonchev–Trinajstić information content (AvgIpc) is 2.26. The second-order valence-corrected chi connectivity index (χ2v) is 3.28. The van der Waals surface area contributed by atoms with Gasteiger partial charge in [0.15, 0.2) is 0 Å². The van der Waals surface area contributed by atoms with Gasteiger partial charge in [0.1, 0.15) is 0 Å². The Hall–Kier alpha value is -1.61. The molecule has 3 heteroatoms. The molecule has 3 N–H and O–H groups in total. The zero-order valence-corrected chi connectivity index (χ0v) is 8.70. The first kappa shape index (κ1) is 11.5. The summed E-state index contributed by atoms with van der Waals surface area (Å²) in [6.07, 6.45) is 2.90. The Balaban J connectivity index is 2.55. The van der Waals surface area contributed by atoms with Crippen molar-refractivity contribution in [3.05, 3.63) is 42.5 Å². The molecule has 0 aliphatic carbocycles. The Labute approximate surface area is 90.0 Å². The van der Waals surface area contributed by atoms with Crippen molar-refractivity contribution in [2.45, 2.75) is 19.4 Å². The zero-order chi connectivity index (χ0) is 11.1. The fourth-order valence-electron chi connectivity index (χ4n) is 1.23. The van der Waals surface area contributed by atoms with Gasteiger partial charge in [-0.25, -0.2) is 0 Å². The van der Waals surface area contributed by atoms with E-state index in [4.69, 9.17) is 5.73 Å². The maximum absolute atomic E-state index is 11.4. The second kappa shape index (κ2) is 5.98. The van der Waals surface area contributed by atoms with Crippen LogP contribution in [0.25, 0.3) is 0 Å². The van der Waals surface area contributed by atoms with Gasteiger partial charge in [-0.05, 0) is 24.1 Å². The summed E-state index contributed by atoms with van der Waals surface area (Å²) >= 11 is 0. The highest BCUT2D eigenvalue weighted by Gasteiger charge is 2.00. The van der Waals surface area contributed by atoms with Crippen LogP contribution in [0.4, 0.5) is 5.69 Å². The Bertz CT molecular complexity index is 347. The number of carbonyl (C=O) groups excluding carboxylic acids is 1. The van der Waals surface area contributed by atoms with Gasteiger partial charge in [-0.2, -0.15) is 0 Å². The largest absolute Gasteiger partial charge is 0.326 e. The van der Waals surface area contributed by atoms with Crippen LogP contribution in [0, 0.1) is 0 Å². The van der Waals surface area contributed by atoms with Crippen LogP contribution in [0.3, 0.4) is 0 Å². The van der Waals surface area contributed by atoms with Gasteiger partial charge < -0.3 is 11.1 Å². The number of hydrogen-bond acceptors (Lipinski definition) is 2. The van der Waals surface area contributed by atoms with E-state index in [0.29, 0.717) is 19.4 Å². The summed E-state index contributed by atoms with van der Waals surface area (Å²) in [5.41, 5.74) is 7.31. The van der Waals surface area contributed by atoms with Gasteiger partial charge in [0, 0.05) is 18.7 Å². The minimum atomic E-state index is 0.00377. The van der Waals surface area contributed by atoms with Crippen molar-refractivity contribution in [1.29, 1.82) is 0 Å². The van der Waals surface area contributed by atoms with Gasteiger partial charge in [0.25, 0.3) is 0 Å². The van der Waals surface area contributed by atoms with Gasteiger partial charge in [0.05, 0.1) is 0 Å². The van der Waals surface area contributed by atoms with E-state index in [0.717, 1.165) is 11.3 Å². The van der Waals surface area contributed by atoms with Crippen molar-refractivity contribution in [3.8, 4) is 0 Å². The van der Waals surface area contributed by atoms with Crippen LogP contribution in [-0.2, 0) is 11.3 Å². The van der Waals surface area contributed by atoms with Crippen LogP contribution in [0.1, 0.15) is 18.4 Å². The molecule has 0 spiro atoms. The van der Waals surface area contributed by atoms with E-state index >= 15 is 0 Å².